The standard InChI is InChI=1S/C32H30N2/c1-31(2)25-19-17-22-12-7-9-14-24(22)30(25)34(5)28(31)16-10-15-27-32(3,4)29-23-13-8-6-11-21(23)18-20-26(29)33-27/h6-20H,1-5H3/p+1. The number of rotatable bonds is 2. The molecule has 6 rings (SSSR count). The molecule has 0 aromatic heterocycles. The van der Waals surface area contributed by atoms with Gasteiger partial charge in [-0.2, -0.15) is 4.58 Å². The summed E-state index contributed by atoms with van der Waals surface area (Å²) < 4.78 is 2.38. The van der Waals surface area contributed by atoms with Gasteiger partial charge in [0.15, 0.2) is 5.71 Å². The van der Waals surface area contributed by atoms with Gasteiger partial charge in [0.25, 0.3) is 0 Å². The third-order valence-corrected chi connectivity index (χ3v) is 7.92. The number of fused-ring (bicyclic) bond motifs is 6. The van der Waals surface area contributed by atoms with Crippen molar-refractivity contribution in [2.45, 2.75) is 38.5 Å². The zero-order valence-electron chi connectivity index (χ0n) is 20.6. The van der Waals surface area contributed by atoms with E-state index in [0.29, 0.717) is 0 Å². The highest BCUT2D eigenvalue weighted by atomic mass is 15.0. The largest absolute Gasteiger partial charge is 0.358 e. The van der Waals surface area contributed by atoms with Crippen molar-refractivity contribution in [1.29, 1.82) is 0 Å². The van der Waals surface area contributed by atoms with E-state index < -0.39 is 0 Å². The van der Waals surface area contributed by atoms with Crippen LogP contribution in [0.5, 0.6) is 0 Å². The highest BCUT2D eigenvalue weighted by Gasteiger charge is 2.44. The van der Waals surface area contributed by atoms with Crippen molar-refractivity contribution in [3.05, 3.63) is 108 Å². The number of allylic oxidation sites excluding steroid dienone is 4. The van der Waals surface area contributed by atoms with Crippen molar-refractivity contribution >= 4 is 38.6 Å². The summed E-state index contributed by atoms with van der Waals surface area (Å²) in [6.45, 7) is 9.30. The van der Waals surface area contributed by atoms with Gasteiger partial charge < -0.3 is 5.32 Å². The minimum atomic E-state index is -0.0819. The molecule has 2 nitrogen and oxygen atoms in total. The highest BCUT2D eigenvalue weighted by molar-refractivity contribution is 6.07. The molecule has 4 aromatic carbocycles. The highest BCUT2D eigenvalue weighted by Crippen LogP contribution is 2.47. The molecule has 0 saturated heterocycles. The van der Waals surface area contributed by atoms with E-state index in [1.54, 1.807) is 0 Å². The lowest BCUT2D eigenvalue weighted by Gasteiger charge is -2.21. The zero-order chi connectivity index (χ0) is 23.7. The summed E-state index contributed by atoms with van der Waals surface area (Å²) in [7, 11) is 2.20. The maximum absolute atomic E-state index is 3.70. The minimum absolute atomic E-state index is 0.0547. The van der Waals surface area contributed by atoms with Crippen LogP contribution in [-0.2, 0) is 10.8 Å². The molecule has 0 amide bonds. The third kappa shape index (κ3) is 2.84. The predicted molar refractivity (Wildman–Crippen MR) is 146 cm³/mol. The van der Waals surface area contributed by atoms with Gasteiger partial charge in [-0.25, -0.2) is 0 Å². The monoisotopic (exact) mass is 443 g/mol. The summed E-state index contributed by atoms with van der Waals surface area (Å²) in [4.78, 5) is 0. The topological polar surface area (TPSA) is 15.0 Å². The van der Waals surface area contributed by atoms with Crippen molar-refractivity contribution < 1.29 is 4.58 Å². The van der Waals surface area contributed by atoms with Crippen LogP contribution in [-0.4, -0.2) is 17.3 Å². The van der Waals surface area contributed by atoms with Crippen LogP contribution in [0.1, 0.15) is 38.8 Å². The van der Waals surface area contributed by atoms with E-state index in [9.17, 15) is 0 Å². The van der Waals surface area contributed by atoms with E-state index in [1.807, 2.05) is 0 Å². The van der Waals surface area contributed by atoms with Gasteiger partial charge in [0.1, 0.15) is 7.05 Å². The van der Waals surface area contributed by atoms with Crippen LogP contribution >= 0.6 is 0 Å². The maximum atomic E-state index is 3.70. The van der Waals surface area contributed by atoms with Gasteiger partial charge in [0.2, 0.25) is 5.69 Å². The number of benzene rings is 4. The van der Waals surface area contributed by atoms with Crippen molar-refractivity contribution in [2.24, 2.45) is 0 Å². The molecule has 2 aliphatic heterocycles. The van der Waals surface area contributed by atoms with Gasteiger partial charge in [-0.1, -0.05) is 80.6 Å². The Balaban J connectivity index is 1.41. The average molecular weight is 444 g/mol. The molecule has 168 valence electrons. The van der Waals surface area contributed by atoms with E-state index >= 15 is 0 Å². The lowest BCUT2D eigenvalue weighted by molar-refractivity contribution is -0.399. The first-order valence-corrected chi connectivity index (χ1v) is 12.1. The molecule has 0 bridgehead atoms. The van der Waals surface area contributed by atoms with Gasteiger partial charge in [0.05, 0.1) is 10.8 Å². The third-order valence-electron chi connectivity index (χ3n) is 7.92. The second kappa shape index (κ2) is 7.17. The number of hydrogen-bond acceptors (Lipinski definition) is 1. The van der Waals surface area contributed by atoms with Crippen molar-refractivity contribution in [1.82, 2.24) is 0 Å². The van der Waals surface area contributed by atoms with Crippen molar-refractivity contribution in [2.75, 3.05) is 12.4 Å². The first-order chi connectivity index (χ1) is 16.3. The van der Waals surface area contributed by atoms with Gasteiger partial charge >= 0.3 is 0 Å². The molecule has 0 saturated carbocycles. The van der Waals surface area contributed by atoms with Gasteiger partial charge in [-0.05, 0) is 53.8 Å². The summed E-state index contributed by atoms with van der Waals surface area (Å²) in [5.41, 5.74) is 7.73. The fourth-order valence-electron chi connectivity index (χ4n) is 6.09. The summed E-state index contributed by atoms with van der Waals surface area (Å²) in [5.74, 6) is 0. The smallest absolute Gasteiger partial charge is 0.217 e. The number of nitrogens with one attached hydrogen (secondary N) is 1. The summed E-state index contributed by atoms with van der Waals surface area (Å²) in [6.07, 6.45) is 6.77. The van der Waals surface area contributed by atoms with Crippen LogP contribution in [0.4, 0.5) is 11.4 Å². The maximum Gasteiger partial charge on any atom is 0.217 e. The molecule has 34 heavy (non-hydrogen) atoms. The quantitative estimate of drug-likeness (QED) is 0.312. The average Bonchev–Trinajstić information content (AvgIpc) is 3.20. The van der Waals surface area contributed by atoms with E-state index in [2.05, 4.69) is 136 Å². The molecule has 0 atom stereocenters. The van der Waals surface area contributed by atoms with Gasteiger partial charge in [-0.15, -0.1) is 0 Å². The van der Waals surface area contributed by atoms with Crippen molar-refractivity contribution in [3.63, 3.8) is 0 Å². The Labute approximate surface area is 201 Å². The molecular weight excluding hydrogens is 412 g/mol. The van der Waals surface area contributed by atoms with Crippen LogP contribution < -0.4 is 5.32 Å². The Morgan fingerprint density at radius 3 is 2.15 bits per heavy atom. The van der Waals surface area contributed by atoms with Crippen LogP contribution in [0.25, 0.3) is 21.5 Å². The van der Waals surface area contributed by atoms with E-state index in [4.69, 9.17) is 0 Å². The molecule has 0 aliphatic carbocycles. The Morgan fingerprint density at radius 2 is 1.38 bits per heavy atom. The number of hydrogen-bond donors (Lipinski definition) is 1. The van der Waals surface area contributed by atoms with Crippen LogP contribution in [0.15, 0.2) is 96.7 Å². The lowest BCUT2D eigenvalue weighted by atomic mass is 9.80. The first-order valence-electron chi connectivity index (χ1n) is 12.1. The van der Waals surface area contributed by atoms with E-state index in [1.165, 1.54) is 55.5 Å². The first kappa shape index (κ1) is 20.9. The van der Waals surface area contributed by atoms with Crippen LogP contribution in [0.2, 0.25) is 0 Å². The summed E-state index contributed by atoms with van der Waals surface area (Å²) in [5, 5.41) is 8.94. The molecule has 0 spiro atoms. The second-order valence-electron chi connectivity index (χ2n) is 10.7. The fraction of sp³-hybridized carbons (Fsp3) is 0.219. The van der Waals surface area contributed by atoms with Gasteiger partial charge in [-0.3, -0.25) is 0 Å². The minimum Gasteiger partial charge on any atom is -0.358 e. The molecule has 0 fully saturated rings. The lowest BCUT2D eigenvalue weighted by Crippen LogP contribution is -2.26. The molecule has 4 aromatic rings. The number of anilines is 1. The SMILES string of the molecule is C[N+]1=C(/C=C/C=C2\Nc3ccc4ccccc4c3C2(C)C)C(C)(C)c2ccc3ccccc3c21. The Hall–Kier alpha value is -3.65. The van der Waals surface area contributed by atoms with Crippen molar-refractivity contribution in [3.8, 4) is 0 Å². The van der Waals surface area contributed by atoms with Crippen LogP contribution in [0.3, 0.4) is 0 Å². The zero-order valence-corrected chi connectivity index (χ0v) is 20.6. The Bertz CT molecular complexity index is 1580. The van der Waals surface area contributed by atoms with E-state index in [0.717, 1.165) is 0 Å². The Morgan fingerprint density at radius 1 is 0.735 bits per heavy atom. The molecule has 2 heterocycles. The van der Waals surface area contributed by atoms with Gasteiger partial charge in [0, 0.05) is 28.4 Å². The molecule has 0 unspecified atom stereocenters. The second-order valence-corrected chi connectivity index (χ2v) is 10.7. The van der Waals surface area contributed by atoms with Crippen LogP contribution in [0, 0.1) is 0 Å². The van der Waals surface area contributed by atoms with E-state index in [-0.39, 0.29) is 10.8 Å². The molecule has 1 N–H and O–H groups in total. The predicted octanol–water partition coefficient (Wildman–Crippen LogP) is 7.84. The fourth-order valence-corrected chi connectivity index (χ4v) is 6.09. The normalized spacial score (nSPS) is 19.3. The number of nitrogens with zero attached hydrogens (tertiary/aromatic N) is 1. The molecule has 2 aliphatic rings. The summed E-state index contributed by atoms with van der Waals surface area (Å²) in [6, 6.07) is 26.4. The molecular formula is C32H31N2+. The summed E-state index contributed by atoms with van der Waals surface area (Å²) >= 11 is 0. The Kier molecular flexibility index (Phi) is 4.41. The molecule has 0 radical (unpaired) electrons. The molecule has 2 heteroatoms.